The van der Waals surface area contributed by atoms with Crippen LogP contribution in [0.2, 0.25) is 0 Å². The maximum atomic E-state index is 4.56. The van der Waals surface area contributed by atoms with E-state index in [9.17, 15) is 0 Å². The minimum Gasteiger partial charge on any atom is -0.331 e. The summed E-state index contributed by atoms with van der Waals surface area (Å²) in [5.74, 6) is 3.22. The predicted octanol–water partition coefficient (Wildman–Crippen LogP) is 5.96. The predicted molar refractivity (Wildman–Crippen MR) is 290 cm³/mol. The van der Waals surface area contributed by atoms with E-state index in [0.29, 0.717) is 0 Å². The first-order chi connectivity index (χ1) is 35.9. The van der Waals surface area contributed by atoms with E-state index in [1.165, 1.54) is 56.6 Å². The molecule has 0 spiro atoms. The number of fused-ring (bicyclic) bond motifs is 6. The van der Waals surface area contributed by atoms with E-state index in [0.717, 1.165) is 39.6 Å². The van der Waals surface area contributed by atoms with Crippen LogP contribution in [-0.2, 0) is 49.3 Å². The molecule has 75 heavy (non-hydrogen) atoms. The van der Waals surface area contributed by atoms with E-state index in [-0.39, 0.29) is 0 Å². The maximum absolute atomic E-state index is 4.56. The molecule has 12 heterocycles. The standard InChI is InChI=1S/C16H18N3.C9H12N3.C9H11N2.3C8H10N3/c1-11-7-5-8-12(2)15(11)19-13(3)18(4)14-9-6-10-17-16(14)19;1-7-10-8-6-11(2)5-4-9(8)12(7)3;1-8-7-11-6-4-3-5-9(11)10(8)2;1-7-6-11-4-3-9-5-8(11)10(7)2;1-7-5-11-6-9-4-3-8(11)10(7)2;1-7-6-11-5-3-4-9-8(11)10(7)2/h5-10H,1-4H3;4-6H,1-3H3;3-7H,1-2H3;3*3-6H,1-2H3/q6*+1. The first-order valence-electron chi connectivity index (χ1n) is 24.9. The Morgan fingerprint density at radius 3 is 1.72 bits per heavy atom. The summed E-state index contributed by atoms with van der Waals surface area (Å²) in [6.07, 6.45) is 29.3. The SMILES string of the molecule is Cc1c[n+]2ccccc2n1C.Cc1c[n+]2cccnc2n1C.Cc1c[n+]2ccncc2n1C.Cc1c[n+]2cnccc2n1C.Cc1cccc(C)c1-[n+]1c(C)n(C)c2cccnc21.Cc1nc2c[n+](C)ccc2n1C. The second-order valence-corrected chi connectivity index (χ2v) is 18.9. The highest BCUT2D eigenvalue weighted by atomic mass is 15.2. The minimum absolute atomic E-state index is 0.977. The lowest BCUT2D eigenvalue weighted by molar-refractivity contribution is -0.670. The quantitative estimate of drug-likeness (QED) is 0.189. The van der Waals surface area contributed by atoms with Crippen molar-refractivity contribution in [3.8, 4) is 5.69 Å². The van der Waals surface area contributed by atoms with Crippen LogP contribution in [0.4, 0.5) is 0 Å². The molecule has 13 aromatic rings. The molecule has 0 bridgehead atoms. The Labute approximate surface area is 438 Å². The number of hydrogen-bond donors (Lipinski definition) is 0. The van der Waals surface area contributed by atoms with Crippen molar-refractivity contribution in [1.82, 2.24) is 52.3 Å². The lowest BCUT2D eigenvalue weighted by atomic mass is 10.1. The molecule has 17 heteroatoms. The van der Waals surface area contributed by atoms with Gasteiger partial charge < -0.3 is 4.57 Å². The molecule has 0 aliphatic rings. The van der Waals surface area contributed by atoms with Crippen molar-refractivity contribution in [3.05, 3.63) is 205 Å². The van der Waals surface area contributed by atoms with Crippen molar-refractivity contribution in [1.29, 1.82) is 0 Å². The van der Waals surface area contributed by atoms with Crippen molar-refractivity contribution in [2.24, 2.45) is 49.3 Å². The number of aromatic nitrogens is 17. The Hall–Kier alpha value is -8.99. The summed E-state index contributed by atoms with van der Waals surface area (Å²) in [5.41, 5.74) is 16.7. The Balaban J connectivity index is 0.000000121. The van der Waals surface area contributed by atoms with E-state index in [1.54, 1.807) is 18.6 Å². The van der Waals surface area contributed by atoms with Gasteiger partial charge in [-0.25, -0.2) is 36.5 Å². The highest BCUT2D eigenvalue weighted by Gasteiger charge is 2.23. The molecule has 0 aliphatic carbocycles. The van der Waals surface area contributed by atoms with E-state index in [1.807, 2.05) is 123 Å². The Morgan fingerprint density at radius 1 is 0.440 bits per heavy atom. The van der Waals surface area contributed by atoms with Crippen LogP contribution in [0.5, 0.6) is 0 Å². The number of imidazole rings is 6. The third-order valence-corrected chi connectivity index (χ3v) is 13.9. The zero-order chi connectivity index (χ0) is 53.7. The number of nitrogens with zero attached hydrogens (tertiary/aromatic N) is 17. The summed E-state index contributed by atoms with van der Waals surface area (Å²) in [7, 11) is 14.3. The van der Waals surface area contributed by atoms with E-state index >= 15 is 0 Å². The molecule has 0 N–H and O–H groups in total. The number of aryl methyl sites for hydroxylation is 14. The summed E-state index contributed by atoms with van der Waals surface area (Å²) >= 11 is 0. The van der Waals surface area contributed by atoms with Crippen molar-refractivity contribution < 1.29 is 26.7 Å². The Bertz CT molecular complexity index is 3770. The first-order valence-corrected chi connectivity index (χ1v) is 24.9. The van der Waals surface area contributed by atoms with Gasteiger partial charge in [-0.15, -0.1) is 9.97 Å². The molecule has 0 saturated carbocycles. The second-order valence-electron chi connectivity index (χ2n) is 18.9. The number of hydrogen-bond acceptors (Lipinski definition) is 5. The molecule has 0 unspecified atom stereocenters. The Morgan fingerprint density at radius 2 is 1.05 bits per heavy atom. The maximum Gasteiger partial charge on any atom is 0.403 e. The van der Waals surface area contributed by atoms with Gasteiger partial charge in [0.15, 0.2) is 23.4 Å². The fourth-order valence-corrected chi connectivity index (χ4v) is 9.00. The molecule has 382 valence electrons. The molecular weight excluding hydrogens is 935 g/mol. The molecule has 13 rings (SSSR count). The Kier molecular flexibility index (Phi) is 15.6. The molecule has 0 amide bonds. The molecule has 0 fully saturated rings. The number of benzene rings is 1. The number of pyridine rings is 3. The largest absolute Gasteiger partial charge is 0.403 e. The third-order valence-electron chi connectivity index (χ3n) is 13.9. The number of para-hydroxylation sites is 1. The van der Waals surface area contributed by atoms with Gasteiger partial charge in [0.1, 0.15) is 97.1 Å². The first kappa shape index (κ1) is 52.3. The van der Waals surface area contributed by atoms with Gasteiger partial charge in [-0.05, 0) is 63.9 Å². The van der Waals surface area contributed by atoms with E-state index < -0.39 is 0 Å². The van der Waals surface area contributed by atoms with Gasteiger partial charge in [-0.3, -0.25) is 14.1 Å². The average Bonchev–Trinajstić information content (AvgIpc) is 4.20. The molecule has 12 aromatic heterocycles. The van der Waals surface area contributed by atoms with Crippen LogP contribution in [-0.4, -0.2) is 52.3 Å². The summed E-state index contributed by atoms with van der Waals surface area (Å²) in [6.45, 7) is 16.8. The summed E-state index contributed by atoms with van der Waals surface area (Å²) < 4.78 is 25.2. The van der Waals surface area contributed by atoms with Crippen LogP contribution in [0.25, 0.3) is 50.6 Å². The van der Waals surface area contributed by atoms with Crippen molar-refractivity contribution in [2.45, 2.75) is 55.4 Å². The van der Waals surface area contributed by atoms with Gasteiger partial charge >= 0.3 is 17.1 Å². The molecule has 0 aliphatic heterocycles. The van der Waals surface area contributed by atoms with Crippen LogP contribution < -0.4 is 26.7 Å². The minimum atomic E-state index is 0.977. The van der Waals surface area contributed by atoms with Crippen molar-refractivity contribution >= 4 is 44.9 Å². The monoisotopic (exact) mass is 1010 g/mol. The fourth-order valence-electron chi connectivity index (χ4n) is 9.00. The van der Waals surface area contributed by atoms with Gasteiger partial charge in [0.25, 0.3) is 5.65 Å². The summed E-state index contributed by atoms with van der Waals surface area (Å²) in [6, 6.07) is 22.7. The lowest BCUT2D eigenvalue weighted by Gasteiger charge is -2.08. The molecule has 0 saturated heterocycles. The van der Waals surface area contributed by atoms with Gasteiger partial charge in [-0.2, -0.15) is 8.97 Å². The van der Waals surface area contributed by atoms with E-state index in [2.05, 4.69) is 202 Å². The van der Waals surface area contributed by atoms with Gasteiger partial charge in [0, 0.05) is 52.1 Å². The molecule has 17 nitrogen and oxygen atoms in total. The van der Waals surface area contributed by atoms with Crippen LogP contribution in [0, 0.1) is 55.4 Å². The van der Waals surface area contributed by atoms with Crippen LogP contribution in [0.1, 0.15) is 45.6 Å². The molecule has 0 radical (unpaired) electrons. The van der Waals surface area contributed by atoms with Gasteiger partial charge in [-0.1, -0.05) is 29.2 Å². The van der Waals surface area contributed by atoms with Crippen LogP contribution in [0.15, 0.2) is 160 Å². The zero-order valence-electron chi connectivity index (χ0n) is 46.1. The average molecular weight is 1010 g/mol. The molecule has 1 aromatic carbocycles. The topological polar surface area (TPSA) is 118 Å². The van der Waals surface area contributed by atoms with Crippen molar-refractivity contribution in [3.63, 3.8) is 0 Å². The van der Waals surface area contributed by atoms with Crippen LogP contribution >= 0.6 is 0 Å². The van der Waals surface area contributed by atoms with Gasteiger partial charge in [0.05, 0.1) is 59.3 Å². The normalized spacial score (nSPS) is 10.9. The van der Waals surface area contributed by atoms with Crippen molar-refractivity contribution in [2.75, 3.05) is 0 Å². The highest BCUT2D eigenvalue weighted by Crippen LogP contribution is 2.19. The highest BCUT2D eigenvalue weighted by molar-refractivity contribution is 5.73. The summed E-state index contributed by atoms with van der Waals surface area (Å²) in [5, 5.41) is 0. The molecular formula is C58H71N17+6. The number of rotatable bonds is 1. The second kappa shape index (κ2) is 22.4. The summed E-state index contributed by atoms with van der Waals surface area (Å²) in [4.78, 5) is 21.3. The van der Waals surface area contributed by atoms with Gasteiger partial charge in [0.2, 0.25) is 17.8 Å². The molecule has 0 atom stereocenters. The fraction of sp³-hybridized carbons (Fsp3) is 0.259. The third kappa shape index (κ3) is 11.0. The smallest absolute Gasteiger partial charge is 0.331 e. The lowest BCUT2D eigenvalue weighted by Crippen LogP contribution is -2.36. The van der Waals surface area contributed by atoms with E-state index in [4.69, 9.17) is 0 Å². The zero-order valence-corrected chi connectivity index (χ0v) is 46.1. The van der Waals surface area contributed by atoms with Crippen LogP contribution in [0.3, 0.4) is 0 Å².